The van der Waals surface area contributed by atoms with Crippen LogP contribution < -0.4 is 10.3 Å². The fourth-order valence-corrected chi connectivity index (χ4v) is 6.99. The number of carboxylic acids is 1. The molecule has 0 unspecified atom stereocenters. The van der Waals surface area contributed by atoms with Gasteiger partial charge in [-0.2, -0.15) is 5.26 Å². The summed E-state index contributed by atoms with van der Waals surface area (Å²) < 4.78 is 8.51. The van der Waals surface area contributed by atoms with Crippen molar-refractivity contribution in [2.24, 2.45) is 0 Å². The number of rotatable bonds is 8. The summed E-state index contributed by atoms with van der Waals surface area (Å²) in [6.07, 6.45) is 0. The second-order valence-corrected chi connectivity index (χ2v) is 12.5. The maximum atomic E-state index is 13.9. The maximum absolute atomic E-state index is 13.9. The molecule has 1 N–H and O–H groups in total. The van der Waals surface area contributed by atoms with E-state index in [0.717, 1.165) is 37.3 Å². The standard InChI is InChI=1S/C33H31ClN6O4S/c1-19-14-24(31-30(36-19)26(18-45-31)33(42)43)23-15-22(34)5-7-28(23)44-13-12-40-20(2)37-27-6-4-21(25(16-35)29(27)32(40)41)17-39-10-8-38(3)9-11-39/h4-7,14-15,18H,8-13,17H2,1-3H3,(H,42,43). The normalized spacial score (nSPS) is 14.2. The van der Waals surface area contributed by atoms with Gasteiger partial charge in [-0.15, -0.1) is 11.3 Å². The number of halogens is 1. The van der Waals surface area contributed by atoms with E-state index in [0.29, 0.717) is 61.1 Å². The van der Waals surface area contributed by atoms with Crippen LogP contribution in [0.25, 0.3) is 32.2 Å². The molecule has 0 saturated carbocycles. The Morgan fingerprint density at radius 1 is 1.11 bits per heavy atom. The maximum Gasteiger partial charge on any atom is 0.338 e. The van der Waals surface area contributed by atoms with Crippen molar-refractivity contribution in [3.8, 4) is 22.9 Å². The van der Waals surface area contributed by atoms with Crippen LogP contribution >= 0.6 is 22.9 Å². The molecule has 0 aliphatic carbocycles. The van der Waals surface area contributed by atoms with E-state index in [1.165, 1.54) is 11.3 Å². The summed E-state index contributed by atoms with van der Waals surface area (Å²) in [6, 6.07) is 13.2. The lowest BCUT2D eigenvalue weighted by molar-refractivity contribution is 0.0699. The molecule has 10 nitrogen and oxygen atoms in total. The number of nitriles is 1. The predicted octanol–water partition coefficient (Wildman–Crippen LogP) is 5.34. The molecule has 0 amide bonds. The molecule has 1 aliphatic rings. The average Bonchev–Trinajstić information content (AvgIpc) is 3.44. The molecule has 2 aromatic carbocycles. The third kappa shape index (κ3) is 6.02. The van der Waals surface area contributed by atoms with E-state index >= 15 is 0 Å². The molecule has 6 rings (SSSR count). The number of aryl methyl sites for hydroxylation is 2. The molecule has 45 heavy (non-hydrogen) atoms. The largest absolute Gasteiger partial charge is 0.491 e. The Labute approximate surface area is 268 Å². The summed E-state index contributed by atoms with van der Waals surface area (Å²) >= 11 is 7.70. The lowest BCUT2D eigenvalue weighted by Crippen LogP contribution is -2.44. The molecule has 12 heteroatoms. The van der Waals surface area contributed by atoms with Crippen LogP contribution in [0, 0.1) is 25.2 Å². The van der Waals surface area contributed by atoms with E-state index in [4.69, 9.17) is 16.3 Å². The highest BCUT2D eigenvalue weighted by Gasteiger charge is 2.21. The van der Waals surface area contributed by atoms with Crippen LogP contribution in [0.1, 0.15) is 33.0 Å². The first-order valence-corrected chi connectivity index (χ1v) is 15.8. The molecule has 0 atom stereocenters. The quantitative estimate of drug-likeness (QED) is 0.239. The molecule has 1 aliphatic heterocycles. The van der Waals surface area contributed by atoms with E-state index in [1.54, 1.807) is 35.1 Å². The third-order valence-corrected chi connectivity index (χ3v) is 9.43. The highest BCUT2D eigenvalue weighted by atomic mass is 35.5. The van der Waals surface area contributed by atoms with Gasteiger partial charge in [0.05, 0.1) is 38.8 Å². The first-order chi connectivity index (χ1) is 21.6. The van der Waals surface area contributed by atoms with Crippen LogP contribution in [0.15, 0.2) is 46.6 Å². The number of piperazine rings is 1. The van der Waals surface area contributed by atoms with Gasteiger partial charge in [-0.25, -0.2) is 9.78 Å². The molecule has 4 heterocycles. The molecule has 1 fully saturated rings. The van der Waals surface area contributed by atoms with Gasteiger partial charge in [0.1, 0.15) is 24.3 Å². The van der Waals surface area contributed by atoms with E-state index < -0.39 is 5.97 Å². The van der Waals surface area contributed by atoms with Crippen molar-refractivity contribution in [1.29, 1.82) is 5.26 Å². The van der Waals surface area contributed by atoms with Crippen molar-refractivity contribution in [3.05, 3.63) is 85.4 Å². The number of hydrogen-bond acceptors (Lipinski definition) is 9. The van der Waals surface area contributed by atoms with Crippen LogP contribution in [0.3, 0.4) is 0 Å². The number of nitrogens with zero attached hydrogens (tertiary/aromatic N) is 6. The second kappa shape index (κ2) is 12.6. The Morgan fingerprint density at radius 3 is 2.62 bits per heavy atom. The van der Waals surface area contributed by atoms with Gasteiger partial charge < -0.3 is 14.7 Å². The Bertz CT molecular complexity index is 2060. The summed E-state index contributed by atoms with van der Waals surface area (Å²) in [5.41, 5.74) is 4.09. The summed E-state index contributed by atoms with van der Waals surface area (Å²) in [6.45, 7) is 8.25. The fraction of sp³-hybridized carbons (Fsp3) is 0.303. The van der Waals surface area contributed by atoms with Gasteiger partial charge in [0.15, 0.2) is 0 Å². The Balaban J connectivity index is 1.30. The number of ether oxygens (including phenoxy) is 1. The zero-order valence-electron chi connectivity index (χ0n) is 25.1. The minimum atomic E-state index is -1.04. The zero-order valence-corrected chi connectivity index (χ0v) is 26.7. The van der Waals surface area contributed by atoms with Gasteiger partial charge in [0, 0.05) is 59.9 Å². The van der Waals surface area contributed by atoms with Crippen LogP contribution in [0.4, 0.5) is 0 Å². The Morgan fingerprint density at radius 2 is 1.89 bits per heavy atom. The Kier molecular flexibility index (Phi) is 8.57. The van der Waals surface area contributed by atoms with Crippen LogP contribution in [0.5, 0.6) is 5.75 Å². The number of benzene rings is 2. The zero-order chi connectivity index (χ0) is 31.8. The molecular formula is C33H31ClN6O4S. The summed E-state index contributed by atoms with van der Waals surface area (Å²) in [5.74, 6) is 0.0151. The summed E-state index contributed by atoms with van der Waals surface area (Å²) in [4.78, 5) is 39.4. The van der Waals surface area contributed by atoms with Gasteiger partial charge in [0.25, 0.3) is 5.56 Å². The van der Waals surface area contributed by atoms with Gasteiger partial charge in [0.2, 0.25) is 0 Å². The van der Waals surface area contributed by atoms with Gasteiger partial charge in [-0.1, -0.05) is 17.7 Å². The average molecular weight is 643 g/mol. The van der Waals surface area contributed by atoms with E-state index in [2.05, 4.69) is 32.9 Å². The number of hydrogen-bond donors (Lipinski definition) is 1. The third-order valence-electron chi connectivity index (χ3n) is 8.19. The summed E-state index contributed by atoms with van der Waals surface area (Å²) in [7, 11) is 2.10. The molecule has 0 radical (unpaired) electrons. The van der Waals surface area contributed by atoms with Crippen molar-refractivity contribution < 1.29 is 14.6 Å². The molecule has 230 valence electrons. The number of carboxylic acid groups (broad SMARTS) is 1. The highest BCUT2D eigenvalue weighted by molar-refractivity contribution is 7.18. The van der Waals surface area contributed by atoms with E-state index in [1.807, 2.05) is 25.1 Å². The molecule has 0 bridgehead atoms. The van der Waals surface area contributed by atoms with E-state index in [9.17, 15) is 20.0 Å². The SMILES string of the molecule is Cc1cc(-c2cc(Cl)ccc2OCCn2c(C)nc3ccc(CN4CCN(C)CC4)c(C#N)c3c2=O)c2scc(C(=O)O)c2n1. The summed E-state index contributed by atoms with van der Waals surface area (Å²) in [5, 5.41) is 22.2. The van der Waals surface area contributed by atoms with Gasteiger partial charge >= 0.3 is 5.97 Å². The van der Waals surface area contributed by atoms with Gasteiger partial charge in [-0.3, -0.25) is 19.2 Å². The monoisotopic (exact) mass is 642 g/mol. The molecule has 1 saturated heterocycles. The smallest absolute Gasteiger partial charge is 0.338 e. The van der Waals surface area contributed by atoms with Crippen LogP contribution in [-0.4, -0.2) is 75.2 Å². The highest BCUT2D eigenvalue weighted by Crippen LogP contribution is 2.40. The number of carbonyl (C=O) groups is 1. The van der Waals surface area contributed by atoms with Crippen molar-refractivity contribution in [2.75, 3.05) is 39.8 Å². The molecule has 5 aromatic rings. The fourth-order valence-electron chi connectivity index (χ4n) is 5.80. The van der Waals surface area contributed by atoms with Gasteiger partial charge in [-0.05, 0) is 56.8 Å². The minimum Gasteiger partial charge on any atom is -0.491 e. The van der Waals surface area contributed by atoms with E-state index in [-0.39, 0.29) is 24.3 Å². The van der Waals surface area contributed by atoms with Crippen molar-refractivity contribution >= 4 is 50.0 Å². The number of thiophene rings is 1. The molecule has 3 aromatic heterocycles. The minimum absolute atomic E-state index is 0.142. The van der Waals surface area contributed by atoms with Crippen LogP contribution in [-0.2, 0) is 13.1 Å². The first-order valence-electron chi connectivity index (χ1n) is 14.5. The lowest BCUT2D eigenvalue weighted by atomic mass is 10.0. The van der Waals surface area contributed by atoms with Crippen molar-refractivity contribution in [1.82, 2.24) is 24.3 Å². The van der Waals surface area contributed by atoms with Crippen molar-refractivity contribution in [3.63, 3.8) is 0 Å². The topological polar surface area (TPSA) is 125 Å². The number of aromatic nitrogens is 3. The second-order valence-electron chi connectivity index (χ2n) is 11.2. The number of likely N-dealkylation sites (N-methyl/N-ethyl adjacent to an activating group) is 1. The number of fused-ring (bicyclic) bond motifs is 2. The molecular weight excluding hydrogens is 612 g/mol. The number of aromatic carboxylic acids is 1. The predicted molar refractivity (Wildman–Crippen MR) is 175 cm³/mol. The van der Waals surface area contributed by atoms with Crippen LogP contribution in [0.2, 0.25) is 5.02 Å². The number of pyridine rings is 1. The molecule has 0 spiro atoms. The first kappa shape index (κ1) is 30.7. The van der Waals surface area contributed by atoms with Crippen molar-refractivity contribution in [2.45, 2.75) is 26.9 Å². The Hall–Kier alpha value is -4.34. The lowest BCUT2D eigenvalue weighted by Gasteiger charge is -2.32.